The molecule has 0 bridgehead atoms. The van der Waals surface area contributed by atoms with Crippen LogP contribution in [0.3, 0.4) is 0 Å². The van der Waals surface area contributed by atoms with E-state index in [2.05, 4.69) is 39.8 Å². The number of ether oxygens (including phenoxy) is 1. The zero-order chi connectivity index (χ0) is 14.0. The predicted octanol–water partition coefficient (Wildman–Crippen LogP) is 2.53. The normalized spacial score (nSPS) is 28.8. The molecule has 0 aromatic heterocycles. The molecule has 0 aromatic rings. The van der Waals surface area contributed by atoms with Crippen LogP contribution in [0.4, 0.5) is 0 Å². The summed E-state index contributed by atoms with van der Waals surface area (Å²) in [6.07, 6.45) is 8.32. The van der Waals surface area contributed by atoms with Gasteiger partial charge in [-0.05, 0) is 24.2 Å². The molecule has 0 saturated heterocycles. The third-order valence-electron chi connectivity index (χ3n) is 3.64. The zero-order valence-corrected chi connectivity index (χ0v) is 12.8. The second-order valence-electron chi connectivity index (χ2n) is 6.05. The highest BCUT2D eigenvalue weighted by Crippen LogP contribution is 2.38. The van der Waals surface area contributed by atoms with Gasteiger partial charge >= 0.3 is 0 Å². The lowest BCUT2D eigenvalue weighted by molar-refractivity contribution is -0.125. The Labute approximate surface area is 111 Å². The molecule has 0 saturated carbocycles. The molecule has 3 nitrogen and oxygen atoms in total. The van der Waals surface area contributed by atoms with Gasteiger partial charge < -0.3 is 14.0 Å². The van der Waals surface area contributed by atoms with Crippen LogP contribution in [0.15, 0.2) is 12.2 Å². The molecule has 0 N–H and O–H groups in total. The standard InChI is InChI=1S/C14H22O3Si/c1-7-11-8-9-12(13(10-15)16-11)17-18(5,6)14(2,3)4/h1,8-13H,2-6H3/t11?,12?,13-/m1/s1. The maximum atomic E-state index is 11.1. The number of terminal acetylenes is 1. The number of aldehydes is 1. The lowest BCUT2D eigenvalue weighted by Crippen LogP contribution is -2.49. The van der Waals surface area contributed by atoms with E-state index in [-0.39, 0.29) is 11.1 Å². The fourth-order valence-corrected chi connectivity index (χ4v) is 2.69. The quantitative estimate of drug-likeness (QED) is 0.341. The SMILES string of the molecule is C#CC1C=CC(O[Si](C)(C)C(C)(C)C)[C@@H](C=O)O1. The minimum Gasteiger partial charge on any atom is -0.407 e. The monoisotopic (exact) mass is 266 g/mol. The minimum atomic E-state index is -1.92. The molecule has 2 unspecified atom stereocenters. The van der Waals surface area contributed by atoms with Crippen LogP contribution in [-0.4, -0.2) is 32.9 Å². The van der Waals surface area contributed by atoms with Gasteiger partial charge in [-0.3, -0.25) is 0 Å². The fraction of sp³-hybridized carbons (Fsp3) is 0.643. The predicted molar refractivity (Wildman–Crippen MR) is 74.8 cm³/mol. The zero-order valence-electron chi connectivity index (χ0n) is 11.8. The van der Waals surface area contributed by atoms with Crippen molar-refractivity contribution in [2.24, 2.45) is 0 Å². The summed E-state index contributed by atoms with van der Waals surface area (Å²) in [7, 11) is -1.92. The molecule has 0 fully saturated rings. The average molecular weight is 266 g/mol. The van der Waals surface area contributed by atoms with Crippen molar-refractivity contribution in [3.63, 3.8) is 0 Å². The Morgan fingerprint density at radius 3 is 2.44 bits per heavy atom. The van der Waals surface area contributed by atoms with Crippen LogP contribution in [0.2, 0.25) is 18.1 Å². The molecule has 100 valence electrons. The summed E-state index contributed by atoms with van der Waals surface area (Å²) >= 11 is 0. The van der Waals surface area contributed by atoms with Crippen LogP contribution in [-0.2, 0) is 14.0 Å². The van der Waals surface area contributed by atoms with Gasteiger partial charge in [-0.1, -0.05) is 32.8 Å². The van der Waals surface area contributed by atoms with Gasteiger partial charge in [0.05, 0.1) is 6.10 Å². The van der Waals surface area contributed by atoms with Crippen LogP contribution in [0.25, 0.3) is 0 Å². The Bertz CT molecular complexity index is 373. The molecule has 4 heteroatoms. The summed E-state index contributed by atoms with van der Waals surface area (Å²) in [4.78, 5) is 11.1. The Morgan fingerprint density at radius 1 is 1.39 bits per heavy atom. The number of hydrogen-bond donors (Lipinski definition) is 0. The first kappa shape index (κ1) is 15.2. The van der Waals surface area contributed by atoms with Crippen molar-refractivity contribution < 1.29 is 14.0 Å². The molecule has 0 aromatic carbocycles. The molecule has 1 rings (SSSR count). The smallest absolute Gasteiger partial charge is 0.193 e. The van der Waals surface area contributed by atoms with E-state index in [1.807, 2.05) is 6.08 Å². The first-order chi connectivity index (χ1) is 8.21. The van der Waals surface area contributed by atoms with Crippen molar-refractivity contribution in [1.29, 1.82) is 0 Å². The van der Waals surface area contributed by atoms with E-state index in [0.29, 0.717) is 0 Å². The van der Waals surface area contributed by atoms with Gasteiger partial charge in [0, 0.05) is 0 Å². The largest absolute Gasteiger partial charge is 0.407 e. The number of carbonyl (C=O) groups is 1. The van der Waals surface area contributed by atoms with Gasteiger partial charge in [0.15, 0.2) is 14.6 Å². The van der Waals surface area contributed by atoms with E-state index in [1.165, 1.54) is 0 Å². The molecular formula is C14H22O3Si. The molecule has 1 aliphatic heterocycles. The first-order valence-electron chi connectivity index (χ1n) is 6.14. The van der Waals surface area contributed by atoms with Crippen molar-refractivity contribution in [2.45, 2.75) is 57.2 Å². The van der Waals surface area contributed by atoms with Crippen molar-refractivity contribution >= 4 is 14.6 Å². The second-order valence-corrected chi connectivity index (χ2v) is 10.8. The Morgan fingerprint density at radius 2 is 2.00 bits per heavy atom. The third kappa shape index (κ3) is 3.32. The lowest BCUT2D eigenvalue weighted by atomic mass is 10.1. The average Bonchev–Trinajstić information content (AvgIpc) is 2.27. The summed E-state index contributed by atoms with van der Waals surface area (Å²) in [6, 6.07) is 0. The van der Waals surface area contributed by atoms with E-state index in [0.717, 1.165) is 6.29 Å². The minimum absolute atomic E-state index is 0.0945. The topological polar surface area (TPSA) is 35.5 Å². The summed E-state index contributed by atoms with van der Waals surface area (Å²) in [5.74, 6) is 2.47. The summed E-state index contributed by atoms with van der Waals surface area (Å²) in [5, 5.41) is 0.0945. The van der Waals surface area contributed by atoms with Crippen LogP contribution < -0.4 is 0 Å². The summed E-state index contributed by atoms with van der Waals surface area (Å²) in [6.45, 7) is 10.8. The van der Waals surface area contributed by atoms with Gasteiger partial charge in [-0.15, -0.1) is 6.42 Å². The van der Waals surface area contributed by atoms with Crippen molar-refractivity contribution in [3.8, 4) is 12.3 Å². The lowest BCUT2D eigenvalue weighted by Gasteiger charge is -2.40. The Hall–Kier alpha value is -0.893. The van der Waals surface area contributed by atoms with Gasteiger partial charge in [0.2, 0.25) is 0 Å². The molecule has 3 atom stereocenters. The van der Waals surface area contributed by atoms with Crippen molar-refractivity contribution in [3.05, 3.63) is 12.2 Å². The summed E-state index contributed by atoms with van der Waals surface area (Å²) < 4.78 is 11.6. The highest BCUT2D eigenvalue weighted by molar-refractivity contribution is 6.74. The van der Waals surface area contributed by atoms with Crippen molar-refractivity contribution in [1.82, 2.24) is 0 Å². The highest BCUT2D eigenvalue weighted by atomic mass is 28.4. The Kier molecular flexibility index (Phi) is 4.54. The maximum Gasteiger partial charge on any atom is 0.193 e. The van der Waals surface area contributed by atoms with Crippen molar-refractivity contribution in [2.75, 3.05) is 0 Å². The van der Waals surface area contributed by atoms with E-state index >= 15 is 0 Å². The molecule has 18 heavy (non-hydrogen) atoms. The van der Waals surface area contributed by atoms with Crippen LogP contribution in [0.1, 0.15) is 20.8 Å². The van der Waals surface area contributed by atoms with E-state index in [4.69, 9.17) is 15.6 Å². The molecule has 1 heterocycles. The van der Waals surface area contributed by atoms with Crippen LogP contribution in [0, 0.1) is 12.3 Å². The van der Waals surface area contributed by atoms with Gasteiger partial charge in [0.1, 0.15) is 12.2 Å². The fourth-order valence-electron chi connectivity index (χ4n) is 1.44. The number of carbonyl (C=O) groups excluding carboxylic acids is 1. The first-order valence-corrected chi connectivity index (χ1v) is 9.05. The molecule has 0 radical (unpaired) electrons. The Balaban J connectivity index is 2.84. The third-order valence-corrected chi connectivity index (χ3v) is 8.11. The van der Waals surface area contributed by atoms with Gasteiger partial charge in [-0.2, -0.15) is 0 Å². The number of rotatable bonds is 3. The van der Waals surface area contributed by atoms with Crippen LogP contribution >= 0.6 is 0 Å². The molecule has 1 aliphatic rings. The highest BCUT2D eigenvalue weighted by Gasteiger charge is 2.41. The van der Waals surface area contributed by atoms with Gasteiger partial charge in [-0.25, -0.2) is 0 Å². The van der Waals surface area contributed by atoms with E-state index < -0.39 is 20.5 Å². The maximum absolute atomic E-state index is 11.1. The summed E-state index contributed by atoms with van der Waals surface area (Å²) in [5.41, 5.74) is 0. The molecule has 0 amide bonds. The molecule has 0 aliphatic carbocycles. The molecule has 0 spiro atoms. The molecular weight excluding hydrogens is 244 g/mol. The number of hydrogen-bond acceptors (Lipinski definition) is 3. The van der Waals surface area contributed by atoms with E-state index in [1.54, 1.807) is 6.08 Å². The van der Waals surface area contributed by atoms with Gasteiger partial charge in [0.25, 0.3) is 0 Å². The second kappa shape index (κ2) is 5.39. The van der Waals surface area contributed by atoms with E-state index in [9.17, 15) is 4.79 Å². The van der Waals surface area contributed by atoms with Crippen LogP contribution in [0.5, 0.6) is 0 Å².